The number of carbonyl (C=O) groups excluding carboxylic acids is 1. The molecule has 1 N–H and O–H groups in total. The Labute approximate surface area is 139 Å². The molecular weight excluding hydrogens is 314 g/mol. The summed E-state index contributed by atoms with van der Waals surface area (Å²) in [6.07, 6.45) is 1.33. The summed E-state index contributed by atoms with van der Waals surface area (Å²) in [6, 6.07) is 7.71. The first kappa shape index (κ1) is 19.6. The lowest BCUT2D eigenvalue weighted by atomic mass is 10.1. The van der Waals surface area contributed by atoms with Gasteiger partial charge < -0.3 is 10.2 Å². The van der Waals surface area contributed by atoms with E-state index in [0.717, 1.165) is 17.7 Å². The van der Waals surface area contributed by atoms with Gasteiger partial charge in [-0.15, -0.1) is 0 Å². The number of benzene rings is 1. The first-order chi connectivity index (χ1) is 10.7. The summed E-state index contributed by atoms with van der Waals surface area (Å²) >= 11 is 0. The standard InChI is InChI=1S/C16H27N3O3S/c1-14-5-7-15(8-6-14)13-19(23(4,21)22)11-9-16(20)17-10-12-18(2)3/h5-8H,9-13H2,1-4H3,(H,17,20). The monoisotopic (exact) mass is 341 g/mol. The van der Waals surface area contributed by atoms with E-state index in [9.17, 15) is 13.2 Å². The van der Waals surface area contributed by atoms with Crippen molar-refractivity contribution in [3.63, 3.8) is 0 Å². The number of nitrogens with zero attached hydrogens (tertiary/aromatic N) is 2. The summed E-state index contributed by atoms with van der Waals surface area (Å²) in [4.78, 5) is 13.8. The van der Waals surface area contributed by atoms with Crippen LogP contribution in [0.2, 0.25) is 0 Å². The fourth-order valence-electron chi connectivity index (χ4n) is 1.99. The van der Waals surface area contributed by atoms with Gasteiger partial charge in [0.05, 0.1) is 6.26 Å². The van der Waals surface area contributed by atoms with E-state index in [1.165, 1.54) is 10.6 Å². The highest BCUT2D eigenvalue weighted by atomic mass is 32.2. The lowest BCUT2D eigenvalue weighted by Gasteiger charge is -2.20. The van der Waals surface area contributed by atoms with Crippen molar-refractivity contribution in [3.8, 4) is 0 Å². The number of amides is 1. The molecule has 0 unspecified atom stereocenters. The molecule has 1 aromatic carbocycles. The third kappa shape index (κ3) is 8.11. The maximum absolute atomic E-state index is 11.9. The van der Waals surface area contributed by atoms with Crippen molar-refractivity contribution in [3.05, 3.63) is 35.4 Å². The van der Waals surface area contributed by atoms with Gasteiger partial charge in [0, 0.05) is 32.6 Å². The second-order valence-electron chi connectivity index (χ2n) is 5.99. The highest BCUT2D eigenvalue weighted by molar-refractivity contribution is 7.88. The molecule has 0 atom stereocenters. The van der Waals surface area contributed by atoms with Gasteiger partial charge in [0.15, 0.2) is 0 Å². The predicted octanol–water partition coefficient (Wildman–Crippen LogP) is 0.825. The van der Waals surface area contributed by atoms with Crippen LogP contribution in [-0.2, 0) is 21.4 Å². The maximum atomic E-state index is 11.9. The molecule has 1 rings (SSSR count). The maximum Gasteiger partial charge on any atom is 0.221 e. The van der Waals surface area contributed by atoms with Crippen LogP contribution in [-0.4, -0.2) is 63.5 Å². The summed E-state index contributed by atoms with van der Waals surface area (Å²) in [7, 11) is 0.502. The molecule has 0 saturated heterocycles. The molecule has 0 bridgehead atoms. The Kier molecular flexibility index (Phi) is 7.67. The quantitative estimate of drug-likeness (QED) is 0.722. The van der Waals surface area contributed by atoms with Crippen molar-refractivity contribution < 1.29 is 13.2 Å². The van der Waals surface area contributed by atoms with Crippen molar-refractivity contribution in [2.24, 2.45) is 0 Å². The summed E-state index contributed by atoms with van der Waals surface area (Å²) in [5.74, 6) is -0.135. The van der Waals surface area contributed by atoms with Gasteiger partial charge in [0.25, 0.3) is 0 Å². The summed E-state index contributed by atoms with van der Waals surface area (Å²) in [5, 5.41) is 2.79. The topological polar surface area (TPSA) is 69.7 Å². The van der Waals surface area contributed by atoms with Crippen LogP contribution in [0.4, 0.5) is 0 Å². The van der Waals surface area contributed by atoms with E-state index in [1.54, 1.807) is 0 Å². The van der Waals surface area contributed by atoms with Gasteiger partial charge in [0.1, 0.15) is 0 Å². The largest absolute Gasteiger partial charge is 0.355 e. The molecule has 0 aliphatic rings. The molecule has 0 radical (unpaired) electrons. The number of aryl methyl sites for hydroxylation is 1. The average molecular weight is 341 g/mol. The molecular formula is C16H27N3O3S. The smallest absolute Gasteiger partial charge is 0.221 e. The minimum atomic E-state index is -3.36. The van der Waals surface area contributed by atoms with Crippen molar-refractivity contribution in [2.75, 3.05) is 40.0 Å². The van der Waals surface area contributed by atoms with E-state index >= 15 is 0 Å². The fourth-order valence-corrected chi connectivity index (χ4v) is 2.80. The molecule has 1 aromatic rings. The third-order valence-corrected chi connectivity index (χ3v) is 4.67. The predicted molar refractivity (Wildman–Crippen MR) is 92.6 cm³/mol. The van der Waals surface area contributed by atoms with Crippen LogP contribution in [0.25, 0.3) is 0 Å². The fraction of sp³-hybridized carbons (Fsp3) is 0.562. The normalized spacial score (nSPS) is 11.9. The first-order valence-corrected chi connectivity index (χ1v) is 9.45. The van der Waals surface area contributed by atoms with Gasteiger partial charge in [-0.05, 0) is 26.6 Å². The van der Waals surface area contributed by atoms with Gasteiger partial charge in [-0.25, -0.2) is 8.42 Å². The van der Waals surface area contributed by atoms with Crippen molar-refractivity contribution in [1.29, 1.82) is 0 Å². The van der Waals surface area contributed by atoms with Gasteiger partial charge in [0.2, 0.25) is 15.9 Å². The van der Waals surface area contributed by atoms with Crippen LogP contribution in [0.3, 0.4) is 0 Å². The van der Waals surface area contributed by atoms with Gasteiger partial charge in [-0.1, -0.05) is 29.8 Å². The molecule has 0 aromatic heterocycles. The van der Waals surface area contributed by atoms with E-state index in [-0.39, 0.29) is 25.4 Å². The minimum absolute atomic E-state index is 0.135. The Balaban J connectivity index is 2.56. The molecule has 1 amide bonds. The van der Waals surface area contributed by atoms with E-state index in [1.807, 2.05) is 50.2 Å². The SMILES string of the molecule is Cc1ccc(CN(CCC(=O)NCCN(C)C)S(C)(=O)=O)cc1. The van der Waals surface area contributed by atoms with Gasteiger partial charge in [-0.2, -0.15) is 4.31 Å². The molecule has 0 saturated carbocycles. The number of hydrogen-bond acceptors (Lipinski definition) is 4. The van der Waals surface area contributed by atoms with E-state index in [4.69, 9.17) is 0 Å². The van der Waals surface area contributed by atoms with Crippen molar-refractivity contribution in [2.45, 2.75) is 19.9 Å². The number of nitrogens with one attached hydrogen (secondary N) is 1. The summed E-state index contributed by atoms with van der Waals surface area (Å²) < 4.78 is 25.1. The Bertz CT molecular complexity index is 598. The number of likely N-dealkylation sites (N-methyl/N-ethyl adjacent to an activating group) is 1. The number of hydrogen-bond donors (Lipinski definition) is 1. The number of sulfonamides is 1. The molecule has 0 fully saturated rings. The van der Waals surface area contributed by atoms with Crippen molar-refractivity contribution >= 4 is 15.9 Å². The van der Waals surface area contributed by atoms with E-state index < -0.39 is 10.0 Å². The van der Waals surface area contributed by atoms with E-state index in [0.29, 0.717) is 6.54 Å². The van der Waals surface area contributed by atoms with Crippen LogP contribution in [0.1, 0.15) is 17.5 Å². The highest BCUT2D eigenvalue weighted by Crippen LogP contribution is 2.10. The molecule has 130 valence electrons. The Morgan fingerprint density at radius 2 is 1.74 bits per heavy atom. The molecule has 7 heteroatoms. The van der Waals surface area contributed by atoms with E-state index in [2.05, 4.69) is 5.32 Å². The number of rotatable bonds is 9. The molecule has 0 heterocycles. The zero-order valence-electron chi connectivity index (χ0n) is 14.4. The first-order valence-electron chi connectivity index (χ1n) is 7.60. The average Bonchev–Trinajstić information content (AvgIpc) is 2.43. The third-order valence-electron chi connectivity index (χ3n) is 3.42. The zero-order valence-corrected chi connectivity index (χ0v) is 15.2. The van der Waals surface area contributed by atoms with Gasteiger partial charge in [-0.3, -0.25) is 4.79 Å². The second kappa shape index (κ2) is 9.00. The number of carbonyl (C=O) groups is 1. The van der Waals surface area contributed by atoms with Crippen molar-refractivity contribution in [1.82, 2.24) is 14.5 Å². The van der Waals surface area contributed by atoms with Gasteiger partial charge >= 0.3 is 0 Å². The Morgan fingerprint density at radius 1 is 1.13 bits per heavy atom. The Morgan fingerprint density at radius 3 is 2.26 bits per heavy atom. The molecule has 0 spiro atoms. The summed E-state index contributed by atoms with van der Waals surface area (Å²) in [6.45, 7) is 3.76. The molecule has 0 aliphatic carbocycles. The highest BCUT2D eigenvalue weighted by Gasteiger charge is 2.18. The van der Waals surface area contributed by atoms with Crippen LogP contribution in [0, 0.1) is 6.92 Å². The molecule has 23 heavy (non-hydrogen) atoms. The summed E-state index contributed by atoms with van der Waals surface area (Å²) in [5.41, 5.74) is 2.04. The van der Waals surface area contributed by atoms with Crippen LogP contribution in [0.5, 0.6) is 0 Å². The van der Waals surface area contributed by atoms with Crippen LogP contribution in [0.15, 0.2) is 24.3 Å². The zero-order chi connectivity index (χ0) is 17.5. The Hall–Kier alpha value is -1.44. The molecule has 0 aliphatic heterocycles. The lowest BCUT2D eigenvalue weighted by Crippen LogP contribution is -2.36. The second-order valence-corrected chi connectivity index (χ2v) is 7.97. The lowest BCUT2D eigenvalue weighted by molar-refractivity contribution is -0.121. The minimum Gasteiger partial charge on any atom is -0.355 e. The van der Waals surface area contributed by atoms with Crippen LogP contribution < -0.4 is 5.32 Å². The van der Waals surface area contributed by atoms with Crippen LogP contribution >= 0.6 is 0 Å². The molecule has 6 nitrogen and oxygen atoms in total.